The zero-order valence-corrected chi connectivity index (χ0v) is 16.2. The van der Waals surface area contributed by atoms with Crippen LogP contribution in [0, 0.1) is 6.92 Å². The summed E-state index contributed by atoms with van der Waals surface area (Å²) in [5.41, 5.74) is 3.12. The monoisotopic (exact) mass is 378 g/mol. The number of furan rings is 1. The second kappa shape index (κ2) is 9.74. The molecule has 5 nitrogen and oxygen atoms in total. The zero-order valence-electron chi connectivity index (χ0n) is 16.2. The highest BCUT2D eigenvalue weighted by Crippen LogP contribution is 2.19. The molecule has 2 amide bonds. The maximum absolute atomic E-state index is 12.7. The fourth-order valence-corrected chi connectivity index (χ4v) is 3.14. The van der Waals surface area contributed by atoms with Gasteiger partial charge < -0.3 is 15.1 Å². The van der Waals surface area contributed by atoms with Crippen molar-refractivity contribution in [1.82, 2.24) is 10.6 Å². The van der Waals surface area contributed by atoms with E-state index in [2.05, 4.69) is 16.7 Å². The van der Waals surface area contributed by atoms with Crippen LogP contribution in [0.15, 0.2) is 64.4 Å². The second-order valence-electron chi connectivity index (χ2n) is 7.01. The van der Waals surface area contributed by atoms with Crippen LogP contribution in [0.1, 0.15) is 53.8 Å². The van der Waals surface area contributed by atoms with Crippen molar-refractivity contribution < 1.29 is 14.0 Å². The van der Waals surface area contributed by atoms with Gasteiger partial charge in [-0.05, 0) is 63.3 Å². The standard InChI is InChI=1S/C23H26N2O3/c1-17-9-11-19(12-10-17)22(26)25-21(16-20-8-5-15-28-20)23(27)24-14-13-18-6-3-2-4-7-18/h5-6,8-12,15-16H,2-4,7,13-14H2,1H3,(H,24,27)(H,25,26)/b21-16-. The molecule has 1 aromatic carbocycles. The first kappa shape index (κ1) is 19.7. The lowest BCUT2D eigenvalue weighted by atomic mass is 9.97. The molecule has 1 heterocycles. The Bertz CT molecular complexity index is 862. The number of benzene rings is 1. The predicted molar refractivity (Wildman–Crippen MR) is 110 cm³/mol. The first-order valence-corrected chi connectivity index (χ1v) is 9.71. The predicted octanol–water partition coefficient (Wildman–Crippen LogP) is 4.37. The number of carbonyl (C=O) groups is 2. The molecule has 5 heteroatoms. The summed E-state index contributed by atoms with van der Waals surface area (Å²) in [7, 11) is 0. The molecule has 0 saturated heterocycles. The van der Waals surface area contributed by atoms with E-state index in [9.17, 15) is 9.59 Å². The molecular formula is C23H26N2O3. The molecule has 3 rings (SSSR count). The number of nitrogens with one attached hydrogen (secondary N) is 2. The van der Waals surface area contributed by atoms with Gasteiger partial charge in [0.05, 0.1) is 6.26 Å². The van der Waals surface area contributed by atoms with Crippen molar-refractivity contribution in [2.45, 2.75) is 39.0 Å². The van der Waals surface area contributed by atoms with E-state index in [1.54, 1.807) is 30.3 Å². The molecule has 0 saturated carbocycles. The van der Waals surface area contributed by atoms with Crippen molar-refractivity contribution in [3.63, 3.8) is 0 Å². The lowest BCUT2D eigenvalue weighted by molar-refractivity contribution is -0.117. The molecule has 0 spiro atoms. The Kier molecular flexibility index (Phi) is 6.84. The molecule has 2 aromatic rings. The van der Waals surface area contributed by atoms with Crippen molar-refractivity contribution in [3.8, 4) is 0 Å². The second-order valence-corrected chi connectivity index (χ2v) is 7.01. The van der Waals surface area contributed by atoms with Gasteiger partial charge in [-0.2, -0.15) is 0 Å². The van der Waals surface area contributed by atoms with E-state index in [1.807, 2.05) is 19.1 Å². The Balaban J connectivity index is 1.66. The lowest BCUT2D eigenvalue weighted by Gasteiger charge is -2.14. The topological polar surface area (TPSA) is 71.3 Å². The van der Waals surface area contributed by atoms with E-state index < -0.39 is 0 Å². The quantitative estimate of drug-likeness (QED) is 0.555. The molecule has 1 aromatic heterocycles. The lowest BCUT2D eigenvalue weighted by Crippen LogP contribution is -2.35. The molecule has 0 radical (unpaired) electrons. The van der Waals surface area contributed by atoms with Gasteiger partial charge in [-0.1, -0.05) is 29.3 Å². The largest absolute Gasteiger partial charge is 0.465 e. The van der Waals surface area contributed by atoms with Crippen LogP contribution in [0.2, 0.25) is 0 Å². The highest BCUT2D eigenvalue weighted by molar-refractivity contribution is 6.05. The molecule has 0 bridgehead atoms. The number of hydrogen-bond acceptors (Lipinski definition) is 3. The van der Waals surface area contributed by atoms with E-state index in [0.29, 0.717) is 17.9 Å². The summed E-state index contributed by atoms with van der Waals surface area (Å²) < 4.78 is 5.30. The number of hydrogen-bond donors (Lipinski definition) is 2. The van der Waals surface area contributed by atoms with Gasteiger partial charge in [0.2, 0.25) is 0 Å². The molecular weight excluding hydrogens is 352 g/mol. The average molecular weight is 378 g/mol. The molecule has 0 unspecified atom stereocenters. The Morgan fingerprint density at radius 3 is 2.64 bits per heavy atom. The maximum atomic E-state index is 12.7. The van der Waals surface area contributed by atoms with Gasteiger partial charge >= 0.3 is 0 Å². The fraction of sp³-hybridized carbons (Fsp3) is 0.304. The normalized spacial score (nSPS) is 14.3. The smallest absolute Gasteiger partial charge is 0.267 e. The van der Waals surface area contributed by atoms with Crippen LogP contribution in [0.3, 0.4) is 0 Å². The minimum absolute atomic E-state index is 0.165. The molecule has 1 aliphatic rings. The maximum Gasteiger partial charge on any atom is 0.267 e. The van der Waals surface area contributed by atoms with Crippen molar-refractivity contribution in [2.24, 2.45) is 0 Å². The highest BCUT2D eigenvalue weighted by Gasteiger charge is 2.15. The number of rotatable bonds is 7. The van der Waals surface area contributed by atoms with Crippen molar-refractivity contribution in [1.29, 1.82) is 0 Å². The average Bonchev–Trinajstić information content (AvgIpc) is 3.22. The van der Waals surface area contributed by atoms with Crippen LogP contribution < -0.4 is 10.6 Å². The van der Waals surface area contributed by atoms with Crippen LogP contribution in [0.25, 0.3) is 6.08 Å². The van der Waals surface area contributed by atoms with Crippen molar-refractivity contribution in [3.05, 3.63) is 76.9 Å². The van der Waals surface area contributed by atoms with Gasteiger partial charge in [0.25, 0.3) is 11.8 Å². The first-order valence-electron chi connectivity index (χ1n) is 9.71. The van der Waals surface area contributed by atoms with E-state index in [4.69, 9.17) is 4.42 Å². The van der Waals surface area contributed by atoms with Gasteiger partial charge in [0.1, 0.15) is 11.5 Å². The molecule has 1 aliphatic carbocycles. The molecule has 2 N–H and O–H groups in total. The van der Waals surface area contributed by atoms with Gasteiger partial charge in [-0.25, -0.2) is 0 Å². The Morgan fingerprint density at radius 1 is 1.14 bits per heavy atom. The Morgan fingerprint density at radius 2 is 1.96 bits per heavy atom. The molecule has 0 aliphatic heterocycles. The van der Waals surface area contributed by atoms with Gasteiger partial charge in [-0.15, -0.1) is 0 Å². The molecule has 146 valence electrons. The van der Waals surface area contributed by atoms with E-state index in [0.717, 1.165) is 24.8 Å². The van der Waals surface area contributed by atoms with Crippen LogP contribution in [-0.2, 0) is 4.79 Å². The van der Waals surface area contributed by atoms with E-state index in [-0.39, 0.29) is 17.5 Å². The summed E-state index contributed by atoms with van der Waals surface area (Å²) in [5, 5.41) is 5.62. The van der Waals surface area contributed by atoms with E-state index >= 15 is 0 Å². The van der Waals surface area contributed by atoms with Crippen LogP contribution in [0.4, 0.5) is 0 Å². The number of allylic oxidation sites excluding steroid dienone is 1. The summed E-state index contributed by atoms with van der Waals surface area (Å²) in [6, 6.07) is 10.7. The summed E-state index contributed by atoms with van der Waals surface area (Å²) in [6.07, 6.45) is 10.9. The minimum Gasteiger partial charge on any atom is -0.465 e. The van der Waals surface area contributed by atoms with E-state index in [1.165, 1.54) is 24.7 Å². The van der Waals surface area contributed by atoms with Crippen molar-refractivity contribution in [2.75, 3.05) is 6.54 Å². The SMILES string of the molecule is Cc1ccc(C(=O)N/C(=C\c2ccco2)C(=O)NCCC2=CCCCC2)cc1. The van der Waals surface area contributed by atoms with Crippen LogP contribution >= 0.6 is 0 Å². The Labute approximate surface area is 165 Å². The summed E-state index contributed by atoms with van der Waals surface area (Å²) >= 11 is 0. The third-order valence-electron chi connectivity index (χ3n) is 4.75. The number of carbonyl (C=O) groups excluding carboxylic acids is 2. The highest BCUT2D eigenvalue weighted by atomic mass is 16.3. The number of amides is 2. The minimum atomic E-state index is -0.331. The van der Waals surface area contributed by atoms with Gasteiger partial charge in [0.15, 0.2) is 0 Å². The molecule has 0 atom stereocenters. The molecule has 0 fully saturated rings. The molecule has 28 heavy (non-hydrogen) atoms. The first-order chi connectivity index (χ1) is 13.6. The van der Waals surface area contributed by atoms with Crippen LogP contribution in [0.5, 0.6) is 0 Å². The Hall–Kier alpha value is -3.08. The van der Waals surface area contributed by atoms with Crippen molar-refractivity contribution >= 4 is 17.9 Å². The van der Waals surface area contributed by atoms with Crippen LogP contribution in [-0.4, -0.2) is 18.4 Å². The number of aryl methyl sites for hydroxylation is 1. The third kappa shape index (κ3) is 5.71. The summed E-state index contributed by atoms with van der Waals surface area (Å²) in [6.45, 7) is 2.50. The third-order valence-corrected chi connectivity index (χ3v) is 4.75. The fourth-order valence-electron chi connectivity index (χ4n) is 3.14. The summed E-state index contributed by atoms with van der Waals surface area (Å²) in [4.78, 5) is 25.2. The zero-order chi connectivity index (χ0) is 19.8. The van der Waals surface area contributed by atoms with Gasteiger partial charge in [0, 0.05) is 18.2 Å². The summed E-state index contributed by atoms with van der Waals surface area (Å²) in [5.74, 6) is -0.152. The van der Waals surface area contributed by atoms with Gasteiger partial charge in [-0.3, -0.25) is 9.59 Å².